The lowest BCUT2D eigenvalue weighted by atomic mass is 10.1. The highest BCUT2D eigenvalue weighted by molar-refractivity contribution is 6.17. The summed E-state index contributed by atoms with van der Waals surface area (Å²) >= 11 is 0. The molecule has 0 spiro atoms. The van der Waals surface area contributed by atoms with Crippen LogP contribution in [0.15, 0.2) is 63.3 Å². The van der Waals surface area contributed by atoms with Gasteiger partial charge in [-0.2, -0.15) is 4.57 Å². The van der Waals surface area contributed by atoms with Gasteiger partial charge in [0.05, 0.1) is 5.69 Å². The number of hydrogen-bond acceptors (Lipinski definition) is 5. The summed E-state index contributed by atoms with van der Waals surface area (Å²) in [5.74, 6) is 0. The fourth-order valence-corrected chi connectivity index (χ4v) is 3.20. The molecule has 0 radical (unpaired) electrons. The van der Waals surface area contributed by atoms with Gasteiger partial charge in [-0.3, -0.25) is 14.6 Å². The van der Waals surface area contributed by atoms with Crippen molar-refractivity contribution >= 4 is 35.7 Å². The van der Waals surface area contributed by atoms with Crippen molar-refractivity contribution in [1.29, 1.82) is 0 Å². The molecule has 0 bridgehead atoms. The zero-order chi connectivity index (χ0) is 22.9. The topological polar surface area (TPSA) is 109 Å². The molecule has 8 nitrogen and oxygen atoms in total. The summed E-state index contributed by atoms with van der Waals surface area (Å²) in [6.45, 7) is 5.19. The van der Waals surface area contributed by atoms with Gasteiger partial charge in [-0.05, 0) is 56.7 Å². The number of pyridine rings is 1. The van der Waals surface area contributed by atoms with E-state index in [2.05, 4.69) is 15.0 Å². The Labute approximate surface area is 182 Å². The van der Waals surface area contributed by atoms with E-state index in [1.54, 1.807) is 51.3 Å². The number of H-pyrrole nitrogens is 2. The van der Waals surface area contributed by atoms with Gasteiger partial charge in [0, 0.05) is 29.6 Å². The van der Waals surface area contributed by atoms with Crippen LogP contribution in [-0.4, -0.2) is 32.4 Å². The number of aromatic nitrogens is 3. The number of hydrogen-bond donors (Lipinski definition) is 2. The number of para-hydroxylation sites is 1. The Bertz CT molecular complexity index is 1470. The monoisotopic (exact) mass is 430 g/mol. The number of aromatic amines is 2. The number of benzene rings is 1. The Kier molecular flexibility index (Phi) is 5.36. The molecule has 8 heteroatoms. The molecule has 0 saturated heterocycles. The van der Waals surface area contributed by atoms with E-state index in [0.717, 1.165) is 21.4 Å². The van der Waals surface area contributed by atoms with E-state index in [9.17, 15) is 14.4 Å². The van der Waals surface area contributed by atoms with Crippen LogP contribution in [0.4, 0.5) is 10.5 Å². The second kappa shape index (κ2) is 8.14. The van der Waals surface area contributed by atoms with E-state index >= 15 is 0 Å². The molecule has 1 aliphatic rings. The highest BCUT2D eigenvalue weighted by Crippen LogP contribution is 2.30. The molecular weight excluding hydrogens is 408 g/mol. The zero-order valence-corrected chi connectivity index (χ0v) is 17.9. The maximum atomic E-state index is 13.0. The van der Waals surface area contributed by atoms with E-state index in [1.165, 1.54) is 12.3 Å². The van der Waals surface area contributed by atoms with Crippen molar-refractivity contribution in [2.24, 2.45) is 4.99 Å². The Morgan fingerprint density at radius 1 is 1.09 bits per heavy atom. The van der Waals surface area contributed by atoms with E-state index in [-0.39, 0.29) is 16.4 Å². The number of nitrogens with one attached hydrogen (secondary N) is 2. The third-order valence-electron chi connectivity index (χ3n) is 4.61. The lowest BCUT2D eigenvalue weighted by Crippen LogP contribution is -2.40. The summed E-state index contributed by atoms with van der Waals surface area (Å²) in [7, 11) is 0. The Morgan fingerprint density at radius 3 is 2.59 bits per heavy atom. The van der Waals surface area contributed by atoms with Crippen LogP contribution in [-0.2, 0) is 4.74 Å². The van der Waals surface area contributed by atoms with Crippen LogP contribution >= 0.6 is 0 Å². The summed E-state index contributed by atoms with van der Waals surface area (Å²) in [5, 5.41) is 0.174. The summed E-state index contributed by atoms with van der Waals surface area (Å²) in [6.07, 6.45) is 7.40. The van der Waals surface area contributed by atoms with Gasteiger partial charge in [-0.15, -0.1) is 0 Å². The first-order valence-corrected chi connectivity index (χ1v) is 10.0. The molecule has 3 heterocycles. The van der Waals surface area contributed by atoms with Crippen LogP contribution in [0.5, 0.6) is 0 Å². The van der Waals surface area contributed by atoms with Crippen molar-refractivity contribution in [3.8, 4) is 0 Å². The molecule has 32 heavy (non-hydrogen) atoms. The number of ether oxygens (including phenoxy) is 1. The molecule has 2 aromatic heterocycles. The normalized spacial score (nSPS) is 15.4. The molecule has 4 rings (SSSR count). The molecule has 3 aromatic rings. The number of rotatable bonds is 2. The minimum Gasteiger partial charge on any atom is -0.443 e. The number of carbonyl (C=O) groups is 1. The van der Waals surface area contributed by atoms with Gasteiger partial charge >= 0.3 is 6.09 Å². The molecule has 0 aliphatic carbocycles. The SMILES string of the molecule is CC(C)(C)OC(=O)n1c(=O)/c(=C/c2ccc(=O)[nH]c2)[nH]/c1=C/C=C1\C=Nc2ccccc21. The first-order chi connectivity index (χ1) is 15.2. The lowest BCUT2D eigenvalue weighted by molar-refractivity contribution is 0.0526. The minimum absolute atomic E-state index is 0.174. The molecular formula is C24H22N4O4. The fourth-order valence-electron chi connectivity index (χ4n) is 3.20. The quantitative estimate of drug-likeness (QED) is 0.649. The van der Waals surface area contributed by atoms with E-state index in [1.807, 2.05) is 24.3 Å². The molecule has 0 atom stereocenters. The predicted octanol–water partition coefficient (Wildman–Crippen LogP) is 2.06. The average molecular weight is 430 g/mol. The van der Waals surface area contributed by atoms with Crippen LogP contribution in [0.2, 0.25) is 0 Å². The van der Waals surface area contributed by atoms with E-state index < -0.39 is 17.3 Å². The van der Waals surface area contributed by atoms with Gasteiger partial charge < -0.3 is 14.7 Å². The number of carbonyl (C=O) groups excluding carboxylic acids is 1. The molecule has 162 valence electrons. The van der Waals surface area contributed by atoms with Gasteiger partial charge in [-0.25, -0.2) is 4.79 Å². The van der Waals surface area contributed by atoms with Crippen molar-refractivity contribution in [3.63, 3.8) is 0 Å². The van der Waals surface area contributed by atoms with E-state index in [4.69, 9.17) is 4.74 Å². The van der Waals surface area contributed by atoms with Crippen LogP contribution in [0.1, 0.15) is 31.9 Å². The van der Waals surface area contributed by atoms with Crippen molar-refractivity contribution in [2.75, 3.05) is 0 Å². The fraction of sp³-hybridized carbons (Fsp3) is 0.167. The summed E-state index contributed by atoms with van der Waals surface area (Å²) in [5.41, 5.74) is 1.94. The van der Waals surface area contributed by atoms with Gasteiger partial charge in [0.15, 0.2) is 0 Å². The zero-order valence-electron chi connectivity index (χ0n) is 17.9. The van der Waals surface area contributed by atoms with Gasteiger partial charge in [0.1, 0.15) is 16.4 Å². The Balaban J connectivity index is 1.86. The molecule has 1 aromatic carbocycles. The van der Waals surface area contributed by atoms with Gasteiger partial charge in [0.2, 0.25) is 5.56 Å². The average Bonchev–Trinajstić information content (AvgIpc) is 3.28. The summed E-state index contributed by atoms with van der Waals surface area (Å²) in [6, 6.07) is 10.6. The van der Waals surface area contributed by atoms with Crippen LogP contribution < -0.4 is 21.9 Å². The predicted molar refractivity (Wildman–Crippen MR) is 124 cm³/mol. The maximum Gasteiger partial charge on any atom is 0.423 e. The summed E-state index contributed by atoms with van der Waals surface area (Å²) in [4.78, 5) is 47.0. The molecule has 0 fully saturated rings. The van der Waals surface area contributed by atoms with Crippen LogP contribution in [0, 0.1) is 0 Å². The number of allylic oxidation sites excluding steroid dienone is 2. The highest BCUT2D eigenvalue weighted by Gasteiger charge is 2.21. The Morgan fingerprint density at radius 2 is 1.88 bits per heavy atom. The second-order valence-electron chi connectivity index (χ2n) is 8.24. The van der Waals surface area contributed by atoms with Crippen LogP contribution in [0.25, 0.3) is 17.7 Å². The van der Waals surface area contributed by atoms with Crippen molar-refractivity contribution < 1.29 is 9.53 Å². The number of aliphatic imine (C=N–C) groups is 1. The molecule has 1 aliphatic heterocycles. The van der Waals surface area contributed by atoms with Crippen molar-refractivity contribution in [2.45, 2.75) is 26.4 Å². The third-order valence-corrected chi connectivity index (χ3v) is 4.61. The highest BCUT2D eigenvalue weighted by atomic mass is 16.6. The van der Waals surface area contributed by atoms with Crippen molar-refractivity contribution in [1.82, 2.24) is 14.5 Å². The second-order valence-corrected chi connectivity index (χ2v) is 8.24. The molecule has 0 amide bonds. The Hall–Kier alpha value is -4.20. The van der Waals surface area contributed by atoms with Crippen LogP contribution in [0.3, 0.4) is 0 Å². The first-order valence-electron chi connectivity index (χ1n) is 10.0. The largest absolute Gasteiger partial charge is 0.443 e. The maximum absolute atomic E-state index is 13.0. The smallest absolute Gasteiger partial charge is 0.423 e. The van der Waals surface area contributed by atoms with E-state index in [0.29, 0.717) is 5.56 Å². The number of nitrogens with zero attached hydrogens (tertiary/aromatic N) is 2. The van der Waals surface area contributed by atoms with Gasteiger partial charge in [-0.1, -0.05) is 18.2 Å². The number of imidazole rings is 1. The van der Waals surface area contributed by atoms with Crippen molar-refractivity contribution in [3.05, 3.63) is 91.3 Å². The lowest BCUT2D eigenvalue weighted by Gasteiger charge is -2.19. The molecule has 0 unspecified atom stereocenters. The molecule has 0 saturated carbocycles. The third kappa shape index (κ3) is 4.44. The first kappa shape index (κ1) is 21.0. The molecule has 2 N–H and O–H groups in total. The van der Waals surface area contributed by atoms with Gasteiger partial charge in [0.25, 0.3) is 5.56 Å². The minimum atomic E-state index is -0.787. The number of fused-ring (bicyclic) bond motifs is 1. The standard InChI is InChI=1S/C24H22N4O4/c1-24(2,3)32-23(31)28-20(10-9-16-14-25-18-7-5-4-6-17(16)18)27-19(22(28)30)12-15-8-11-21(29)26-13-15/h4-14,27H,1-3H3,(H,26,29)/b16-9+,19-12-,20-10-. The summed E-state index contributed by atoms with van der Waals surface area (Å²) < 4.78 is 6.38.